The highest BCUT2D eigenvalue weighted by atomic mass is 79.9. The number of methoxy groups -OCH3 is 1. The summed E-state index contributed by atoms with van der Waals surface area (Å²) < 4.78 is 6.29. The van der Waals surface area contributed by atoms with E-state index in [1.807, 2.05) is 78.2 Å². The fourth-order valence-corrected chi connectivity index (χ4v) is 7.13. The molecule has 9 heteroatoms. The number of carbonyl (C=O) groups is 2. The van der Waals surface area contributed by atoms with Gasteiger partial charge in [0.05, 0.1) is 30.8 Å². The molecule has 180 valence electrons. The number of carbonyl (C=O) groups excluding carboxylic acids is 2. The minimum atomic E-state index is -1.14. The first-order valence-electron chi connectivity index (χ1n) is 11.2. The lowest BCUT2D eigenvalue weighted by molar-refractivity contribution is -0.123. The minimum Gasteiger partial charge on any atom is -0.497 e. The highest BCUT2D eigenvalue weighted by Crippen LogP contribution is 2.56. The number of aromatic nitrogens is 1. The summed E-state index contributed by atoms with van der Waals surface area (Å²) in [6.45, 7) is 0.337. The van der Waals surface area contributed by atoms with Crippen molar-refractivity contribution in [2.24, 2.45) is 0 Å². The van der Waals surface area contributed by atoms with Crippen LogP contribution < -0.4 is 14.5 Å². The smallest absolute Gasteiger partial charge is 0.269 e. The molecule has 2 aliphatic heterocycles. The molecule has 3 aromatic carbocycles. The molecule has 36 heavy (non-hydrogen) atoms. The summed E-state index contributed by atoms with van der Waals surface area (Å²) in [5.74, 6) is 0.695. The van der Waals surface area contributed by atoms with E-state index in [-0.39, 0.29) is 17.6 Å². The molecule has 2 aliphatic rings. The molecular formula is C27H20BrN3O3S2. The Kier molecular flexibility index (Phi) is 5.86. The maximum absolute atomic E-state index is 14.2. The van der Waals surface area contributed by atoms with Gasteiger partial charge in [0, 0.05) is 26.7 Å². The molecule has 1 unspecified atom stereocenters. The lowest BCUT2D eigenvalue weighted by atomic mass is 10.0. The molecular weight excluding hydrogens is 558 g/mol. The molecule has 1 spiro atoms. The van der Waals surface area contributed by atoms with Gasteiger partial charge in [-0.2, -0.15) is 0 Å². The highest BCUT2D eigenvalue weighted by Gasteiger charge is 2.61. The summed E-state index contributed by atoms with van der Waals surface area (Å²) in [5.41, 5.74) is 4.20. The number of amides is 2. The van der Waals surface area contributed by atoms with E-state index in [1.165, 1.54) is 23.1 Å². The normalized spacial score (nSPS) is 18.8. The first kappa shape index (κ1) is 23.3. The molecule has 6 nitrogen and oxygen atoms in total. The number of anilines is 2. The molecule has 1 saturated heterocycles. The second kappa shape index (κ2) is 9.06. The Balaban J connectivity index is 1.38. The molecule has 3 heterocycles. The van der Waals surface area contributed by atoms with E-state index in [9.17, 15) is 9.59 Å². The topological polar surface area (TPSA) is 62.7 Å². The zero-order valence-corrected chi connectivity index (χ0v) is 22.4. The quantitative estimate of drug-likeness (QED) is 0.288. The van der Waals surface area contributed by atoms with Gasteiger partial charge in [-0.25, -0.2) is 4.98 Å². The number of rotatable bonds is 5. The van der Waals surface area contributed by atoms with Gasteiger partial charge in [0.15, 0.2) is 0 Å². The molecule has 4 aromatic rings. The van der Waals surface area contributed by atoms with Crippen LogP contribution in [0.4, 0.5) is 11.4 Å². The van der Waals surface area contributed by atoms with Gasteiger partial charge < -0.3 is 9.64 Å². The second-order valence-electron chi connectivity index (χ2n) is 8.40. The van der Waals surface area contributed by atoms with Gasteiger partial charge in [-0.15, -0.1) is 23.1 Å². The Morgan fingerprint density at radius 1 is 1.03 bits per heavy atom. The van der Waals surface area contributed by atoms with Crippen molar-refractivity contribution in [3.8, 4) is 17.0 Å². The van der Waals surface area contributed by atoms with Gasteiger partial charge in [0.1, 0.15) is 10.8 Å². The van der Waals surface area contributed by atoms with E-state index in [1.54, 1.807) is 16.9 Å². The van der Waals surface area contributed by atoms with Crippen molar-refractivity contribution in [1.29, 1.82) is 0 Å². The number of fused-ring (bicyclic) bond motifs is 2. The van der Waals surface area contributed by atoms with Crippen LogP contribution in [0.25, 0.3) is 11.3 Å². The molecule has 0 N–H and O–H groups in total. The molecule has 2 amide bonds. The van der Waals surface area contributed by atoms with Gasteiger partial charge in [0.2, 0.25) is 10.8 Å². The number of para-hydroxylation sites is 1. The van der Waals surface area contributed by atoms with E-state index < -0.39 is 4.87 Å². The fourth-order valence-electron chi connectivity index (χ4n) is 4.72. The number of ether oxygens (including phenoxy) is 1. The monoisotopic (exact) mass is 577 g/mol. The number of hydrogen-bond acceptors (Lipinski definition) is 6. The minimum absolute atomic E-state index is 0.0954. The number of thioether (sulfide) groups is 1. The largest absolute Gasteiger partial charge is 0.497 e. The van der Waals surface area contributed by atoms with E-state index in [4.69, 9.17) is 9.72 Å². The maximum atomic E-state index is 14.2. The average Bonchev–Trinajstić information content (AvgIpc) is 3.58. The number of hydrogen-bond donors (Lipinski definition) is 0. The summed E-state index contributed by atoms with van der Waals surface area (Å²) in [7, 11) is 1.60. The van der Waals surface area contributed by atoms with Gasteiger partial charge >= 0.3 is 0 Å². The molecule has 0 aliphatic carbocycles. The van der Waals surface area contributed by atoms with Gasteiger partial charge in [0.25, 0.3) is 5.91 Å². The summed E-state index contributed by atoms with van der Waals surface area (Å²) in [6, 6.07) is 23.0. The van der Waals surface area contributed by atoms with Crippen LogP contribution in [0.15, 0.2) is 82.6 Å². The lowest BCUT2D eigenvalue weighted by Crippen LogP contribution is -2.49. The van der Waals surface area contributed by atoms with Crippen molar-refractivity contribution in [2.45, 2.75) is 11.4 Å². The van der Waals surface area contributed by atoms with Crippen LogP contribution in [0.3, 0.4) is 0 Å². The Morgan fingerprint density at radius 3 is 2.53 bits per heavy atom. The Hall–Kier alpha value is -3.14. The van der Waals surface area contributed by atoms with Crippen LogP contribution in [-0.2, 0) is 21.0 Å². The zero-order chi connectivity index (χ0) is 24.9. The summed E-state index contributed by atoms with van der Waals surface area (Å²) in [4.78, 5) is 34.5. The second-order valence-corrected chi connectivity index (χ2v) is 11.4. The van der Waals surface area contributed by atoms with Gasteiger partial charge in [-0.1, -0.05) is 46.3 Å². The molecule has 0 bridgehead atoms. The van der Waals surface area contributed by atoms with Crippen molar-refractivity contribution in [3.63, 3.8) is 0 Å². The predicted octanol–water partition coefficient (Wildman–Crippen LogP) is 6.06. The standard InChI is InChI=1S/C27H20BrN3O3S2/c1-34-20-12-10-19(11-13-20)31-25(32)16-36-27(31)21-4-2-3-5-23(21)30(26(27)33)14-24-29-22(15-35-24)17-6-8-18(28)9-7-17/h2-13,15H,14,16H2,1H3. The SMILES string of the molecule is COc1ccc(N2C(=O)CSC23C(=O)N(Cc2nc(-c4ccc(Br)cc4)cs2)c2ccccc23)cc1. The fraction of sp³-hybridized carbons (Fsp3) is 0.148. The first-order valence-corrected chi connectivity index (χ1v) is 13.9. The molecule has 1 atom stereocenters. The van der Waals surface area contributed by atoms with Crippen molar-refractivity contribution in [2.75, 3.05) is 22.7 Å². The van der Waals surface area contributed by atoms with Crippen molar-refractivity contribution < 1.29 is 14.3 Å². The van der Waals surface area contributed by atoms with Crippen LogP contribution in [-0.4, -0.2) is 29.7 Å². The summed E-state index contributed by atoms with van der Waals surface area (Å²) in [5, 5.41) is 2.84. The van der Waals surface area contributed by atoms with Crippen molar-refractivity contribution >= 4 is 62.2 Å². The zero-order valence-electron chi connectivity index (χ0n) is 19.2. The van der Waals surface area contributed by atoms with Crippen molar-refractivity contribution in [3.05, 3.63) is 93.2 Å². The third kappa shape index (κ3) is 3.65. The van der Waals surface area contributed by atoms with E-state index in [2.05, 4.69) is 15.9 Å². The Bertz CT molecular complexity index is 1470. The van der Waals surface area contributed by atoms with Crippen molar-refractivity contribution in [1.82, 2.24) is 4.98 Å². The van der Waals surface area contributed by atoms with Gasteiger partial charge in [-0.05, 0) is 42.5 Å². The summed E-state index contributed by atoms with van der Waals surface area (Å²) >= 11 is 6.37. The van der Waals surface area contributed by atoms with Gasteiger partial charge in [-0.3, -0.25) is 14.5 Å². The number of nitrogens with zero attached hydrogens (tertiary/aromatic N) is 3. The van der Waals surface area contributed by atoms with Crippen LogP contribution in [0.1, 0.15) is 10.6 Å². The van der Waals surface area contributed by atoms with Crippen LogP contribution in [0, 0.1) is 0 Å². The third-order valence-corrected chi connectivity index (χ3v) is 9.13. The van der Waals surface area contributed by atoms with Crippen LogP contribution in [0.5, 0.6) is 5.75 Å². The average molecular weight is 579 g/mol. The van der Waals surface area contributed by atoms with E-state index >= 15 is 0 Å². The number of benzene rings is 3. The highest BCUT2D eigenvalue weighted by molar-refractivity contribution is 9.10. The number of thiazole rings is 1. The molecule has 1 fully saturated rings. The van der Waals surface area contributed by atoms with E-state index in [0.29, 0.717) is 18.0 Å². The Labute approximate surface area is 225 Å². The molecule has 6 rings (SSSR count). The predicted molar refractivity (Wildman–Crippen MR) is 147 cm³/mol. The maximum Gasteiger partial charge on any atom is 0.269 e. The molecule has 1 aromatic heterocycles. The molecule has 0 radical (unpaired) electrons. The lowest BCUT2D eigenvalue weighted by Gasteiger charge is -2.33. The van der Waals surface area contributed by atoms with E-state index in [0.717, 1.165) is 32.0 Å². The van der Waals surface area contributed by atoms with Crippen LogP contribution >= 0.6 is 39.0 Å². The first-order chi connectivity index (χ1) is 17.5. The third-order valence-electron chi connectivity index (χ3n) is 6.38. The number of halogens is 1. The summed E-state index contributed by atoms with van der Waals surface area (Å²) in [6.07, 6.45) is 0. The van der Waals surface area contributed by atoms with Crippen LogP contribution in [0.2, 0.25) is 0 Å². The molecule has 0 saturated carbocycles. The Morgan fingerprint density at radius 2 is 1.78 bits per heavy atom.